The minimum absolute atomic E-state index is 0.118. The van der Waals surface area contributed by atoms with Gasteiger partial charge in [-0.05, 0) is 51.5 Å². The lowest BCUT2D eigenvalue weighted by molar-refractivity contribution is 0.0221. The number of alkyl carbamates (subject to hydrolysis) is 1. The zero-order valence-corrected chi connectivity index (χ0v) is 17.6. The van der Waals surface area contributed by atoms with E-state index >= 15 is 0 Å². The van der Waals surface area contributed by atoms with Crippen LogP contribution in [0.4, 0.5) is 9.59 Å². The zero-order chi connectivity index (χ0) is 20.6. The SMILES string of the molecule is CCCCN(CC(NC(=O)OCc1ccccc1)C1CC1)C(=O)OC(C)(C)C. The molecule has 156 valence electrons. The molecule has 1 fully saturated rings. The second kappa shape index (κ2) is 10.3. The van der Waals surface area contributed by atoms with Gasteiger partial charge in [0.15, 0.2) is 0 Å². The van der Waals surface area contributed by atoms with Crippen LogP contribution in [0.25, 0.3) is 0 Å². The van der Waals surface area contributed by atoms with E-state index in [2.05, 4.69) is 12.2 Å². The predicted octanol–water partition coefficient (Wildman–Crippen LogP) is 4.73. The van der Waals surface area contributed by atoms with Gasteiger partial charge in [0, 0.05) is 13.1 Å². The first-order valence-electron chi connectivity index (χ1n) is 10.2. The highest BCUT2D eigenvalue weighted by atomic mass is 16.6. The van der Waals surface area contributed by atoms with Crippen molar-refractivity contribution in [3.05, 3.63) is 35.9 Å². The molecular weight excluding hydrogens is 356 g/mol. The van der Waals surface area contributed by atoms with Gasteiger partial charge in [-0.2, -0.15) is 0 Å². The summed E-state index contributed by atoms with van der Waals surface area (Å²) in [6.07, 6.45) is 3.22. The number of carbonyl (C=O) groups excluding carboxylic acids is 2. The van der Waals surface area contributed by atoms with E-state index in [-0.39, 0.29) is 18.7 Å². The van der Waals surface area contributed by atoms with Crippen LogP contribution in [0, 0.1) is 5.92 Å². The van der Waals surface area contributed by atoms with E-state index in [1.807, 2.05) is 51.1 Å². The van der Waals surface area contributed by atoms with Gasteiger partial charge in [0.05, 0.1) is 6.04 Å². The van der Waals surface area contributed by atoms with E-state index in [1.54, 1.807) is 4.90 Å². The Balaban J connectivity index is 1.92. The van der Waals surface area contributed by atoms with Crippen LogP contribution in [0.2, 0.25) is 0 Å². The minimum Gasteiger partial charge on any atom is -0.445 e. The molecule has 1 aliphatic rings. The fourth-order valence-corrected chi connectivity index (χ4v) is 2.90. The molecule has 0 aromatic heterocycles. The molecule has 2 rings (SSSR count). The van der Waals surface area contributed by atoms with Gasteiger partial charge in [0.1, 0.15) is 12.2 Å². The highest BCUT2D eigenvalue weighted by molar-refractivity contribution is 5.69. The average Bonchev–Trinajstić information content (AvgIpc) is 3.47. The molecule has 2 amide bonds. The van der Waals surface area contributed by atoms with E-state index in [0.717, 1.165) is 31.2 Å². The average molecular weight is 391 g/mol. The molecule has 0 radical (unpaired) electrons. The number of benzene rings is 1. The number of ether oxygens (including phenoxy) is 2. The Morgan fingerprint density at radius 3 is 2.46 bits per heavy atom. The van der Waals surface area contributed by atoms with Crippen LogP contribution in [0.15, 0.2) is 30.3 Å². The van der Waals surface area contributed by atoms with Gasteiger partial charge in [0.25, 0.3) is 0 Å². The maximum Gasteiger partial charge on any atom is 0.410 e. The number of hydrogen-bond donors (Lipinski definition) is 1. The summed E-state index contributed by atoms with van der Waals surface area (Å²) in [5.41, 5.74) is 0.400. The van der Waals surface area contributed by atoms with Crippen molar-refractivity contribution in [1.29, 1.82) is 0 Å². The zero-order valence-electron chi connectivity index (χ0n) is 17.6. The lowest BCUT2D eigenvalue weighted by atomic mass is 10.1. The molecule has 0 heterocycles. The normalized spacial score (nSPS) is 14.9. The summed E-state index contributed by atoms with van der Waals surface area (Å²) in [6.45, 7) is 8.97. The molecule has 1 atom stereocenters. The number of nitrogens with zero attached hydrogens (tertiary/aromatic N) is 1. The third-order valence-corrected chi connectivity index (χ3v) is 4.56. The molecule has 0 bridgehead atoms. The molecule has 0 spiro atoms. The molecule has 1 saturated carbocycles. The lowest BCUT2D eigenvalue weighted by Gasteiger charge is -2.30. The van der Waals surface area contributed by atoms with Crippen molar-refractivity contribution < 1.29 is 19.1 Å². The Morgan fingerprint density at radius 1 is 1.21 bits per heavy atom. The number of carbonyl (C=O) groups is 2. The highest BCUT2D eigenvalue weighted by Gasteiger charge is 2.35. The first-order valence-corrected chi connectivity index (χ1v) is 10.2. The molecule has 1 aromatic rings. The van der Waals surface area contributed by atoms with Crippen molar-refractivity contribution >= 4 is 12.2 Å². The molecule has 0 aliphatic heterocycles. The molecule has 6 nitrogen and oxygen atoms in total. The molecule has 28 heavy (non-hydrogen) atoms. The Hall–Kier alpha value is -2.24. The van der Waals surface area contributed by atoms with E-state index in [4.69, 9.17) is 9.47 Å². The first-order chi connectivity index (χ1) is 13.3. The monoisotopic (exact) mass is 390 g/mol. The summed E-state index contributed by atoms with van der Waals surface area (Å²) in [5, 5.41) is 2.96. The van der Waals surface area contributed by atoms with Crippen molar-refractivity contribution in [3.63, 3.8) is 0 Å². The maximum atomic E-state index is 12.6. The summed E-state index contributed by atoms with van der Waals surface area (Å²) in [7, 11) is 0. The van der Waals surface area contributed by atoms with E-state index in [1.165, 1.54) is 0 Å². The number of amides is 2. The quantitative estimate of drug-likeness (QED) is 0.662. The van der Waals surface area contributed by atoms with Crippen LogP contribution in [0.3, 0.4) is 0 Å². The van der Waals surface area contributed by atoms with Crippen molar-refractivity contribution in [3.8, 4) is 0 Å². The number of nitrogens with one attached hydrogen (secondary N) is 1. The Labute approximate surface area is 168 Å². The Bertz CT molecular complexity index is 623. The van der Waals surface area contributed by atoms with Crippen molar-refractivity contribution in [2.24, 2.45) is 5.92 Å². The van der Waals surface area contributed by atoms with Gasteiger partial charge < -0.3 is 19.7 Å². The summed E-state index contributed by atoms with van der Waals surface area (Å²) in [5.74, 6) is 0.385. The molecular formula is C22H34N2O4. The third-order valence-electron chi connectivity index (χ3n) is 4.56. The summed E-state index contributed by atoms with van der Waals surface area (Å²) < 4.78 is 10.9. The van der Waals surface area contributed by atoms with Gasteiger partial charge in [-0.15, -0.1) is 0 Å². The van der Waals surface area contributed by atoms with Crippen LogP contribution in [-0.2, 0) is 16.1 Å². The third kappa shape index (κ3) is 8.19. The summed E-state index contributed by atoms with van der Waals surface area (Å²) in [4.78, 5) is 26.6. The van der Waals surface area contributed by atoms with E-state index in [9.17, 15) is 9.59 Å². The predicted molar refractivity (Wildman–Crippen MR) is 109 cm³/mol. The number of hydrogen-bond acceptors (Lipinski definition) is 4. The smallest absolute Gasteiger partial charge is 0.410 e. The molecule has 1 aliphatic carbocycles. The number of unbranched alkanes of at least 4 members (excludes halogenated alkanes) is 1. The summed E-state index contributed by atoms with van der Waals surface area (Å²) in [6, 6.07) is 9.47. The van der Waals surface area contributed by atoms with Crippen LogP contribution in [0.1, 0.15) is 58.9 Å². The summed E-state index contributed by atoms with van der Waals surface area (Å²) >= 11 is 0. The van der Waals surface area contributed by atoms with Gasteiger partial charge in [-0.25, -0.2) is 9.59 Å². The number of rotatable bonds is 9. The minimum atomic E-state index is -0.543. The molecule has 6 heteroatoms. The Kier molecular flexibility index (Phi) is 8.15. The van der Waals surface area contributed by atoms with E-state index in [0.29, 0.717) is 19.0 Å². The topological polar surface area (TPSA) is 67.9 Å². The molecule has 1 aromatic carbocycles. The fraction of sp³-hybridized carbons (Fsp3) is 0.636. The van der Waals surface area contributed by atoms with Crippen LogP contribution < -0.4 is 5.32 Å². The van der Waals surface area contributed by atoms with Gasteiger partial charge >= 0.3 is 12.2 Å². The van der Waals surface area contributed by atoms with Crippen LogP contribution >= 0.6 is 0 Å². The van der Waals surface area contributed by atoms with Crippen molar-refractivity contribution in [1.82, 2.24) is 10.2 Å². The first kappa shape index (κ1) is 22.1. The van der Waals surface area contributed by atoms with Crippen molar-refractivity contribution in [2.75, 3.05) is 13.1 Å². The maximum absolute atomic E-state index is 12.6. The molecule has 1 unspecified atom stereocenters. The second-order valence-electron chi connectivity index (χ2n) is 8.43. The second-order valence-corrected chi connectivity index (χ2v) is 8.43. The standard InChI is InChI=1S/C22H34N2O4/c1-5-6-14-24(21(26)28-22(2,3)4)15-19(18-12-13-18)23-20(25)27-16-17-10-8-7-9-11-17/h7-11,18-19H,5-6,12-16H2,1-4H3,(H,23,25). The fourth-order valence-electron chi connectivity index (χ4n) is 2.90. The Morgan fingerprint density at radius 2 is 1.89 bits per heavy atom. The van der Waals surface area contributed by atoms with Crippen LogP contribution in [-0.4, -0.2) is 41.8 Å². The highest BCUT2D eigenvalue weighted by Crippen LogP contribution is 2.33. The van der Waals surface area contributed by atoms with Crippen molar-refractivity contribution in [2.45, 2.75) is 71.6 Å². The van der Waals surface area contributed by atoms with E-state index < -0.39 is 11.7 Å². The van der Waals surface area contributed by atoms with Gasteiger partial charge in [-0.1, -0.05) is 43.7 Å². The lowest BCUT2D eigenvalue weighted by Crippen LogP contribution is -2.48. The van der Waals surface area contributed by atoms with Gasteiger partial charge in [-0.3, -0.25) is 0 Å². The van der Waals surface area contributed by atoms with Crippen LogP contribution in [0.5, 0.6) is 0 Å². The van der Waals surface area contributed by atoms with Gasteiger partial charge in [0.2, 0.25) is 0 Å². The molecule has 1 N–H and O–H groups in total. The largest absolute Gasteiger partial charge is 0.445 e. The molecule has 0 saturated heterocycles.